The normalized spacial score (nSPS) is 29.0. The predicted octanol–water partition coefficient (Wildman–Crippen LogP) is 4.18. The van der Waals surface area contributed by atoms with E-state index >= 15 is 0 Å². The molecule has 11 unspecified atom stereocenters. The van der Waals surface area contributed by atoms with Gasteiger partial charge in [0.1, 0.15) is 54.9 Å². The van der Waals surface area contributed by atoms with Crippen molar-refractivity contribution < 1.29 is 69.0 Å². The summed E-state index contributed by atoms with van der Waals surface area (Å²) in [6.45, 7) is 2.70. The summed E-state index contributed by atoms with van der Waals surface area (Å²) in [5, 5.41) is 70.9. The minimum Gasteiger partial charge on any atom is -0.458 e. The highest BCUT2D eigenvalue weighted by atomic mass is 16.7. The Kier molecular flexibility index (Phi) is 28.2. The first kappa shape index (κ1) is 50.1. The van der Waals surface area contributed by atoms with Crippen LogP contribution in [0.2, 0.25) is 0 Å². The highest BCUT2D eigenvalue weighted by Gasteiger charge is 2.47. The third-order valence-electron chi connectivity index (χ3n) is 10.7. The van der Waals surface area contributed by atoms with Crippen molar-refractivity contribution in [3.8, 4) is 0 Å². The van der Waals surface area contributed by atoms with Crippen LogP contribution in [-0.2, 0) is 33.2 Å². The van der Waals surface area contributed by atoms with E-state index in [1.165, 1.54) is 129 Å². The number of rotatable bonds is 33. The smallest absolute Gasteiger partial charge is 0.303 e. The number of esters is 1. The molecule has 0 spiro atoms. The molecule has 326 valence electrons. The molecule has 2 saturated heterocycles. The van der Waals surface area contributed by atoms with Gasteiger partial charge in [-0.3, -0.25) is 4.79 Å². The van der Waals surface area contributed by atoms with E-state index in [-0.39, 0.29) is 13.2 Å². The molecule has 0 aromatic rings. The van der Waals surface area contributed by atoms with E-state index < -0.39 is 86.7 Å². The van der Waals surface area contributed by atoms with Gasteiger partial charge in [-0.1, -0.05) is 142 Å². The molecule has 7 N–H and O–H groups in total. The minimum atomic E-state index is -1.69. The zero-order valence-corrected chi connectivity index (χ0v) is 33.9. The molecule has 14 nitrogen and oxygen atoms in total. The summed E-state index contributed by atoms with van der Waals surface area (Å²) < 4.78 is 33.1. The molecular weight excluding hydrogens is 716 g/mol. The van der Waals surface area contributed by atoms with Crippen LogP contribution < -0.4 is 0 Å². The summed E-state index contributed by atoms with van der Waals surface area (Å²) in [6, 6.07) is 0. The number of ether oxygens (including phenoxy) is 6. The van der Waals surface area contributed by atoms with Crippen molar-refractivity contribution in [2.75, 3.05) is 33.0 Å². The average molecular weight is 795 g/mol. The van der Waals surface area contributed by atoms with Gasteiger partial charge in [-0.2, -0.15) is 0 Å². The lowest BCUT2D eigenvalue weighted by Crippen LogP contribution is -2.61. The fourth-order valence-corrected chi connectivity index (χ4v) is 7.17. The van der Waals surface area contributed by atoms with Crippen molar-refractivity contribution in [3.63, 3.8) is 0 Å². The Morgan fingerprint density at radius 1 is 0.527 bits per heavy atom. The summed E-state index contributed by atoms with van der Waals surface area (Å²) in [7, 11) is 0. The first-order valence-corrected chi connectivity index (χ1v) is 21.6. The highest BCUT2D eigenvalue weighted by molar-refractivity contribution is 5.66. The summed E-state index contributed by atoms with van der Waals surface area (Å²) in [5.74, 6) is -0.548. The second-order valence-corrected chi connectivity index (χ2v) is 15.6. The number of aliphatic hydroxyl groups is 7. The number of hydrogen-bond donors (Lipinski definition) is 7. The van der Waals surface area contributed by atoms with E-state index in [1.54, 1.807) is 0 Å². The maximum absolute atomic E-state index is 11.7. The molecule has 0 aliphatic carbocycles. The van der Waals surface area contributed by atoms with Crippen molar-refractivity contribution in [2.24, 2.45) is 0 Å². The quantitative estimate of drug-likeness (QED) is 0.0367. The molecule has 14 heteroatoms. The number of hydrogen-bond acceptors (Lipinski definition) is 14. The fourth-order valence-electron chi connectivity index (χ4n) is 7.17. The Morgan fingerprint density at radius 2 is 0.927 bits per heavy atom. The lowest BCUT2D eigenvalue weighted by atomic mass is 9.98. The maximum Gasteiger partial charge on any atom is 0.303 e. The van der Waals surface area contributed by atoms with E-state index in [0.717, 1.165) is 19.3 Å². The zero-order valence-electron chi connectivity index (χ0n) is 33.9. The fraction of sp³-hybridized carbons (Fsp3) is 0.976. The minimum absolute atomic E-state index is 0.0521. The topological polar surface area (TPSA) is 214 Å². The second kappa shape index (κ2) is 31.0. The van der Waals surface area contributed by atoms with E-state index in [4.69, 9.17) is 28.4 Å². The molecule has 55 heavy (non-hydrogen) atoms. The lowest BCUT2D eigenvalue weighted by molar-refractivity contribution is -0.332. The van der Waals surface area contributed by atoms with Crippen LogP contribution in [0.25, 0.3) is 0 Å². The Bertz CT molecular complexity index is 927. The third kappa shape index (κ3) is 21.0. The molecule has 0 aromatic heterocycles. The van der Waals surface area contributed by atoms with Gasteiger partial charge in [-0.25, -0.2) is 0 Å². The van der Waals surface area contributed by atoms with E-state index in [9.17, 15) is 40.5 Å². The molecule has 2 fully saturated rings. The van der Waals surface area contributed by atoms with Gasteiger partial charge in [0.2, 0.25) is 0 Å². The van der Waals surface area contributed by atoms with Gasteiger partial charge >= 0.3 is 5.97 Å². The molecule has 2 rings (SSSR count). The Hall–Kier alpha value is -1.01. The molecule has 11 atom stereocenters. The number of carbonyl (C=O) groups is 1. The number of carbonyl (C=O) groups excluding carboxylic acids is 1. The predicted molar refractivity (Wildman–Crippen MR) is 206 cm³/mol. The average Bonchev–Trinajstić information content (AvgIpc) is 3.17. The second-order valence-electron chi connectivity index (χ2n) is 15.6. The molecule has 0 aromatic carbocycles. The largest absolute Gasteiger partial charge is 0.458 e. The zero-order chi connectivity index (χ0) is 40.3. The van der Waals surface area contributed by atoms with Crippen molar-refractivity contribution in [1.29, 1.82) is 0 Å². The van der Waals surface area contributed by atoms with Gasteiger partial charge in [0, 0.05) is 13.5 Å². The first-order valence-electron chi connectivity index (χ1n) is 21.6. The SMILES string of the molecule is CCCCCCCCCCCCCCCCCCCCCCCCOCC(COC1OC(COC2OC(CO)C(O)C(O)C2O)C(O)C(O)C1O)OC(C)=O. The number of unbranched alkanes of at least 4 members (excludes halogenated alkanes) is 21. The summed E-state index contributed by atoms with van der Waals surface area (Å²) in [6.07, 6.45) is 12.9. The van der Waals surface area contributed by atoms with Crippen LogP contribution >= 0.6 is 0 Å². The summed E-state index contributed by atoms with van der Waals surface area (Å²) in [5.41, 5.74) is 0. The van der Waals surface area contributed by atoms with Crippen LogP contribution in [0, 0.1) is 0 Å². The van der Waals surface area contributed by atoms with E-state index in [1.807, 2.05) is 0 Å². The summed E-state index contributed by atoms with van der Waals surface area (Å²) in [4.78, 5) is 11.7. The lowest BCUT2D eigenvalue weighted by Gasteiger charge is -2.42. The van der Waals surface area contributed by atoms with Gasteiger partial charge in [-0.05, 0) is 6.42 Å². The molecule has 2 aliphatic rings. The van der Waals surface area contributed by atoms with Crippen molar-refractivity contribution in [1.82, 2.24) is 0 Å². The monoisotopic (exact) mass is 795 g/mol. The van der Waals surface area contributed by atoms with Gasteiger partial charge in [-0.15, -0.1) is 0 Å². The Balaban J connectivity index is 1.51. The first-order chi connectivity index (χ1) is 26.6. The molecule has 2 heterocycles. The van der Waals surface area contributed by atoms with Gasteiger partial charge in [0.25, 0.3) is 0 Å². The molecule has 0 saturated carbocycles. The van der Waals surface area contributed by atoms with Crippen LogP contribution in [0.5, 0.6) is 0 Å². The van der Waals surface area contributed by atoms with Gasteiger partial charge in [0.15, 0.2) is 12.6 Å². The summed E-state index contributed by atoms with van der Waals surface area (Å²) >= 11 is 0. The van der Waals surface area contributed by atoms with Crippen LogP contribution in [-0.4, -0.2) is 142 Å². The van der Waals surface area contributed by atoms with Crippen molar-refractivity contribution in [3.05, 3.63) is 0 Å². The molecular formula is C41H78O14. The van der Waals surface area contributed by atoms with Crippen molar-refractivity contribution >= 4 is 5.97 Å². The van der Waals surface area contributed by atoms with Gasteiger partial charge in [0.05, 0.1) is 26.4 Å². The Labute approximate surface area is 330 Å². The van der Waals surface area contributed by atoms with Gasteiger partial charge < -0.3 is 64.2 Å². The van der Waals surface area contributed by atoms with Crippen molar-refractivity contribution in [2.45, 2.75) is 223 Å². The maximum atomic E-state index is 11.7. The standard InChI is InChI=1S/C41H78O14/c1-3-4-5-6-7-8-9-10-11-12-13-14-15-16-17-18-19-20-21-22-23-24-25-50-27-31(53-30(2)43)28-51-40-39(49)37(47)35(45)33(55-40)29-52-41-38(48)36(46)34(44)32(26-42)54-41/h31-42,44-49H,3-29H2,1-2H3. The van der Waals surface area contributed by atoms with Crippen LogP contribution in [0.4, 0.5) is 0 Å². The van der Waals surface area contributed by atoms with E-state index in [0.29, 0.717) is 6.61 Å². The van der Waals surface area contributed by atoms with Crippen LogP contribution in [0.15, 0.2) is 0 Å². The van der Waals surface area contributed by atoms with Crippen LogP contribution in [0.3, 0.4) is 0 Å². The molecule has 2 aliphatic heterocycles. The molecule has 0 bridgehead atoms. The number of aliphatic hydroxyl groups excluding tert-OH is 7. The van der Waals surface area contributed by atoms with E-state index in [2.05, 4.69) is 6.92 Å². The Morgan fingerprint density at radius 3 is 1.36 bits per heavy atom. The molecule has 0 radical (unpaired) electrons. The third-order valence-corrected chi connectivity index (χ3v) is 10.7. The molecule has 0 amide bonds. The highest BCUT2D eigenvalue weighted by Crippen LogP contribution is 2.26. The van der Waals surface area contributed by atoms with Crippen LogP contribution in [0.1, 0.15) is 155 Å².